The van der Waals surface area contributed by atoms with Crippen molar-refractivity contribution in [2.45, 2.75) is 57.9 Å². The molecule has 1 aromatic heterocycles. The number of carbonyl (C=O) groups is 1. The first-order valence-electron chi connectivity index (χ1n) is 10.7. The molecular formula is C22H32N4O3S. The first-order valence-corrected chi connectivity index (χ1v) is 12.4. The second kappa shape index (κ2) is 9.75. The van der Waals surface area contributed by atoms with Crippen LogP contribution in [0, 0.1) is 0 Å². The highest BCUT2D eigenvalue weighted by molar-refractivity contribution is 7.91. The molecule has 1 aromatic carbocycles. The van der Waals surface area contributed by atoms with Gasteiger partial charge in [0.2, 0.25) is 20.9 Å². The molecule has 7 nitrogen and oxygen atoms in total. The number of amides is 1. The van der Waals surface area contributed by atoms with Crippen LogP contribution in [0.5, 0.6) is 0 Å². The van der Waals surface area contributed by atoms with Gasteiger partial charge >= 0.3 is 0 Å². The molecule has 164 valence electrons. The van der Waals surface area contributed by atoms with Crippen molar-refractivity contribution in [3.63, 3.8) is 0 Å². The quantitative estimate of drug-likeness (QED) is 0.608. The van der Waals surface area contributed by atoms with Gasteiger partial charge in [0.25, 0.3) is 0 Å². The van der Waals surface area contributed by atoms with Gasteiger partial charge in [-0.3, -0.25) is 9.69 Å². The third kappa shape index (κ3) is 4.92. The second-order valence-electron chi connectivity index (χ2n) is 7.74. The molecule has 2 aromatic rings. The largest absolute Gasteiger partial charge is 0.340 e. The van der Waals surface area contributed by atoms with Crippen LogP contribution >= 0.6 is 0 Å². The molecule has 0 spiro atoms. The van der Waals surface area contributed by atoms with Gasteiger partial charge in [0.05, 0.1) is 23.7 Å². The summed E-state index contributed by atoms with van der Waals surface area (Å²) in [5.74, 6) is 0.145. The lowest BCUT2D eigenvalue weighted by atomic mass is 10.1. The van der Waals surface area contributed by atoms with Crippen LogP contribution in [0.3, 0.4) is 0 Å². The Balaban J connectivity index is 1.79. The SMILES string of the molecule is CCN1CCN(Cc2cnc(S(=O)(=O)CC)n2CCCc2ccccc2)[C@@H](C)C1=O. The topological polar surface area (TPSA) is 75.5 Å². The maximum atomic E-state index is 12.6. The van der Waals surface area contributed by atoms with Crippen LogP contribution in [-0.2, 0) is 34.1 Å². The van der Waals surface area contributed by atoms with E-state index in [1.54, 1.807) is 13.1 Å². The van der Waals surface area contributed by atoms with Crippen molar-refractivity contribution in [1.82, 2.24) is 19.4 Å². The third-order valence-corrected chi connectivity index (χ3v) is 7.51. The second-order valence-corrected chi connectivity index (χ2v) is 9.91. The Kier molecular flexibility index (Phi) is 7.31. The van der Waals surface area contributed by atoms with Crippen molar-refractivity contribution >= 4 is 15.7 Å². The number of aromatic nitrogens is 2. The molecule has 0 bridgehead atoms. The van der Waals surface area contributed by atoms with Gasteiger partial charge in [0.15, 0.2) is 0 Å². The predicted octanol–water partition coefficient (Wildman–Crippen LogP) is 2.36. The lowest BCUT2D eigenvalue weighted by molar-refractivity contribution is -0.141. The van der Waals surface area contributed by atoms with E-state index < -0.39 is 9.84 Å². The summed E-state index contributed by atoms with van der Waals surface area (Å²) in [4.78, 5) is 20.8. The lowest BCUT2D eigenvalue weighted by Crippen LogP contribution is -2.55. The van der Waals surface area contributed by atoms with Crippen LogP contribution in [0.15, 0.2) is 41.7 Å². The number of nitrogens with zero attached hydrogens (tertiary/aromatic N) is 4. The van der Waals surface area contributed by atoms with E-state index >= 15 is 0 Å². The van der Waals surface area contributed by atoms with Gasteiger partial charge in [0, 0.05) is 32.7 Å². The van der Waals surface area contributed by atoms with Crippen LogP contribution in [0.2, 0.25) is 0 Å². The molecule has 0 N–H and O–H groups in total. The Morgan fingerprint density at radius 2 is 1.87 bits per heavy atom. The zero-order chi connectivity index (χ0) is 21.7. The van der Waals surface area contributed by atoms with Crippen molar-refractivity contribution < 1.29 is 13.2 Å². The molecule has 0 radical (unpaired) electrons. The number of hydrogen-bond donors (Lipinski definition) is 0. The highest BCUT2D eigenvalue weighted by Gasteiger charge is 2.31. The normalized spacial score (nSPS) is 18.2. The Morgan fingerprint density at radius 3 is 2.53 bits per heavy atom. The number of piperazine rings is 1. The van der Waals surface area contributed by atoms with Gasteiger partial charge in [-0.25, -0.2) is 13.4 Å². The number of rotatable bonds is 9. The van der Waals surface area contributed by atoms with Gasteiger partial charge in [-0.15, -0.1) is 0 Å². The average molecular weight is 433 g/mol. The van der Waals surface area contributed by atoms with E-state index in [9.17, 15) is 13.2 Å². The molecule has 1 amide bonds. The molecule has 2 heterocycles. The highest BCUT2D eigenvalue weighted by Crippen LogP contribution is 2.20. The number of sulfone groups is 1. The highest BCUT2D eigenvalue weighted by atomic mass is 32.2. The van der Waals surface area contributed by atoms with Crippen molar-refractivity contribution in [1.29, 1.82) is 0 Å². The summed E-state index contributed by atoms with van der Waals surface area (Å²) in [6, 6.07) is 9.96. The molecule has 0 saturated carbocycles. The van der Waals surface area contributed by atoms with Crippen molar-refractivity contribution in [2.24, 2.45) is 0 Å². The molecule has 8 heteroatoms. The Labute approximate surface area is 179 Å². The maximum absolute atomic E-state index is 12.6. The summed E-state index contributed by atoms with van der Waals surface area (Å²) in [6.45, 7) is 8.83. The fourth-order valence-electron chi connectivity index (χ4n) is 3.93. The zero-order valence-electron chi connectivity index (χ0n) is 18.1. The minimum Gasteiger partial charge on any atom is -0.340 e. The summed E-state index contributed by atoms with van der Waals surface area (Å²) in [6.07, 6.45) is 3.35. The molecule has 0 aliphatic carbocycles. The number of imidazole rings is 1. The smallest absolute Gasteiger partial charge is 0.239 e. The summed E-state index contributed by atoms with van der Waals surface area (Å²) in [7, 11) is -3.42. The molecule has 1 saturated heterocycles. The summed E-state index contributed by atoms with van der Waals surface area (Å²) < 4.78 is 27.0. The number of likely N-dealkylation sites (N-methyl/N-ethyl adjacent to an activating group) is 1. The van der Waals surface area contributed by atoms with Gasteiger partial charge in [0.1, 0.15) is 0 Å². The lowest BCUT2D eigenvalue weighted by Gasteiger charge is -2.38. The van der Waals surface area contributed by atoms with E-state index in [2.05, 4.69) is 22.0 Å². The maximum Gasteiger partial charge on any atom is 0.239 e. The number of benzene rings is 1. The van der Waals surface area contributed by atoms with Gasteiger partial charge in [-0.1, -0.05) is 37.3 Å². The molecule has 1 atom stereocenters. The van der Waals surface area contributed by atoms with E-state index in [4.69, 9.17) is 0 Å². The number of aryl methyl sites for hydroxylation is 1. The van der Waals surface area contributed by atoms with Gasteiger partial charge in [-0.05, 0) is 32.3 Å². The summed E-state index contributed by atoms with van der Waals surface area (Å²) in [5, 5.41) is 0.138. The number of carbonyl (C=O) groups excluding carboxylic acids is 1. The van der Waals surface area contributed by atoms with Crippen molar-refractivity contribution in [2.75, 3.05) is 25.4 Å². The number of hydrogen-bond acceptors (Lipinski definition) is 5. The summed E-state index contributed by atoms with van der Waals surface area (Å²) >= 11 is 0. The minimum atomic E-state index is -3.42. The van der Waals surface area contributed by atoms with Crippen molar-refractivity contribution in [3.8, 4) is 0 Å². The predicted molar refractivity (Wildman–Crippen MR) is 117 cm³/mol. The van der Waals surface area contributed by atoms with Crippen LogP contribution in [0.4, 0.5) is 0 Å². The van der Waals surface area contributed by atoms with Crippen molar-refractivity contribution in [3.05, 3.63) is 47.8 Å². The fraction of sp³-hybridized carbons (Fsp3) is 0.545. The molecule has 1 fully saturated rings. The van der Waals surface area contributed by atoms with Gasteiger partial charge in [-0.2, -0.15) is 0 Å². The average Bonchev–Trinajstić information content (AvgIpc) is 3.16. The van der Waals surface area contributed by atoms with Gasteiger partial charge < -0.3 is 9.47 Å². The third-order valence-electron chi connectivity index (χ3n) is 5.87. The zero-order valence-corrected chi connectivity index (χ0v) is 18.9. The van der Waals surface area contributed by atoms with E-state index in [1.165, 1.54) is 5.56 Å². The Bertz CT molecular complexity index is 956. The molecule has 1 aliphatic rings. The van der Waals surface area contributed by atoms with E-state index in [-0.39, 0.29) is 22.9 Å². The van der Waals surface area contributed by atoms with Crippen LogP contribution in [0.1, 0.15) is 38.4 Å². The van der Waals surface area contributed by atoms with E-state index in [1.807, 2.05) is 41.5 Å². The summed E-state index contributed by atoms with van der Waals surface area (Å²) in [5.41, 5.74) is 2.08. The monoisotopic (exact) mass is 432 g/mol. The first kappa shape index (κ1) is 22.5. The molecular weight excluding hydrogens is 400 g/mol. The van der Waals surface area contributed by atoms with Crippen LogP contribution in [-0.4, -0.2) is 65.1 Å². The fourth-order valence-corrected chi connectivity index (χ4v) is 4.95. The molecule has 3 rings (SSSR count). The van der Waals surface area contributed by atoms with E-state index in [0.717, 1.165) is 25.1 Å². The minimum absolute atomic E-state index is 0.0200. The standard InChI is InChI=1S/C22H32N4O3S/c1-4-24-14-15-25(18(3)21(24)27)17-20-16-23-22(30(28,29)5-2)26(20)13-9-12-19-10-7-6-8-11-19/h6-8,10-11,16,18H,4-5,9,12-15,17H2,1-3H3/t18-/m0/s1. The molecule has 0 unspecified atom stereocenters. The molecule has 30 heavy (non-hydrogen) atoms. The van der Waals surface area contributed by atoms with E-state index in [0.29, 0.717) is 26.2 Å². The Morgan fingerprint density at radius 1 is 1.13 bits per heavy atom. The van der Waals surface area contributed by atoms with Crippen LogP contribution in [0.25, 0.3) is 0 Å². The van der Waals surface area contributed by atoms with Crippen LogP contribution < -0.4 is 0 Å². The molecule has 1 aliphatic heterocycles. The first-order chi connectivity index (χ1) is 14.4. The Hall–Kier alpha value is -2.19.